The summed E-state index contributed by atoms with van der Waals surface area (Å²) in [5.74, 6) is 4.73. The summed E-state index contributed by atoms with van der Waals surface area (Å²) in [6, 6.07) is 2.34. The van der Waals surface area contributed by atoms with Gasteiger partial charge in [-0.1, -0.05) is 0 Å². The maximum atomic E-state index is 5.23. The zero-order chi connectivity index (χ0) is 11.5. The zero-order valence-corrected chi connectivity index (χ0v) is 12.9. The second-order valence-corrected chi connectivity index (χ2v) is 8.47. The summed E-state index contributed by atoms with van der Waals surface area (Å²) in [6.45, 7) is 1.97. The number of epoxide rings is 2. The minimum atomic E-state index is 0.557. The van der Waals surface area contributed by atoms with E-state index in [1.165, 1.54) is 23.0 Å². The number of thioether (sulfide) groups is 2. The monoisotopic (exact) mass is 336 g/mol. The molecule has 0 N–H and O–H groups in total. The number of hydrogen-bond donors (Lipinski definition) is 0. The first kappa shape index (κ1) is 12.6. The summed E-state index contributed by atoms with van der Waals surface area (Å²) < 4.78 is 12.1. The van der Waals surface area contributed by atoms with Gasteiger partial charge in [-0.3, -0.25) is 0 Å². The van der Waals surface area contributed by atoms with Crippen LogP contribution in [-0.4, -0.2) is 51.4 Å². The average molecular weight is 335 g/mol. The first-order valence-electron chi connectivity index (χ1n) is 5.86. The standard InChI is InChI=1S/C12H16O2S2Se/c1-2-17-12(8-16-7-11-4-14-11)9(1)5-15-6-10-3-13-10/h1-2,10-11H,3-8H2. The molecule has 1 aromatic rings. The van der Waals surface area contributed by atoms with Crippen molar-refractivity contribution >= 4 is 38.0 Å². The third kappa shape index (κ3) is 4.34. The molecule has 17 heavy (non-hydrogen) atoms. The summed E-state index contributed by atoms with van der Waals surface area (Å²) in [6.07, 6.45) is 1.12. The van der Waals surface area contributed by atoms with E-state index in [1.807, 2.05) is 23.5 Å². The molecule has 1 aromatic heterocycles. The fourth-order valence-electron chi connectivity index (χ4n) is 1.53. The van der Waals surface area contributed by atoms with E-state index in [-0.39, 0.29) is 0 Å². The summed E-state index contributed by atoms with van der Waals surface area (Å²) >= 11 is 4.67. The predicted molar refractivity (Wildman–Crippen MR) is 75.2 cm³/mol. The summed E-state index contributed by atoms with van der Waals surface area (Å²) in [4.78, 5) is 2.36. The van der Waals surface area contributed by atoms with Crippen LogP contribution in [0, 0.1) is 0 Å². The van der Waals surface area contributed by atoms with Crippen molar-refractivity contribution in [3.8, 4) is 0 Å². The molecule has 2 saturated heterocycles. The van der Waals surface area contributed by atoms with Gasteiger partial charge < -0.3 is 0 Å². The Bertz CT molecular complexity index is 329. The second-order valence-electron chi connectivity index (χ2n) is 4.31. The van der Waals surface area contributed by atoms with Gasteiger partial charge in [-0.15, -0.1) is 0 Å². The van der Waals surface area contributed by atoms with Crippen molar-refractivity contribution in [1.82, 2.24) is 0 Å². The van der Waals surface area contributed by atoms with E-state index >= 15 is 0 Å². The zero-order valence-electron chi connectivity index (χ0n) is 9.59. The predicted octanol–water partition coefficient (Wildman–Crippen LogP) is 2.01. The van der Waals surface area contributed by atoms with Gasteiger partial charge in [0.2, 0.25) is 0 Å². The molecule has 3 heterocycles. The van der Waals surface area contributed by atoms with Gasteiger partial charge in [0.1, 0.15) is 0 Å². The SMILES string of the molecule is c1cc(CSCC2CO2)c(CSCC2CO2)[se]1. The van der Waals surface area contributed by atoms with Gasteiger partial charge in [0, 0.05) is 0 Å². The second kappa shape index (κ2) is 6.18. The number of rotatable bonds is 8. The van der Waals surface area contributed by atoms with Gasteiger partial charge in [0.25, 0.3) is 0 Å². The molecule has 0 radical (unpaired) electrons. The molecule has 0 spiro atoms. The van der Waals surface area contributed by atoms with Crippen LogP contribution >= 0.6 is 23.5 Å². The van der Waals surface area contributed by atoms with Crippen LogP contribution in [0.25, 0.3) is 0 Å². The molecule has 0 aromatic carbocycles. The van der Waals surface area contributed by atoms with E-state index in [4.69, 9.17) is 9.47 Å². The van der Waals surface area contributed by atoms with Gasteiger partial charge in [-0.2, -0.15) is 0 Å². The first-order valence-corrected chi connectivity index (χ1v) is 10.0. The molecule has 0 aliphatic carbocycles. The molecule has 2 atom stereocenters. The molecule has 94 valence electrons. The summed E-state index contributed by atoms with van der Waals surface area (Å²) in [5.41, 5.74) is 1.58. The van der Waals surface area contributed by atoms with Crippen LogP contribution in [0.4, 0.5) is 0 Å². The van der Waals surface area contributed by atoms with Crippen LogP contribution < -0.4 is 0 Å². The molecule has 2 unspecified atom stereocenters. The van der Waals surface area contributed by atoms with Gasteiger partial charge in [-0.05, 0) is 0 Å². The Balaban J connectivity index is 1.40. The van der Waals surface area contributed by atoms with E-state index in [1.54, 1.807) is 10.0 Å². The Morgan fingerprint density at radius 3 is 2.41 bits per heavy atom. The van der Waals surface area contributed by atoms with Crippen LogP contribution in [0.15, 0.2) is 11.0 Å². The van der Waals surface area contributed by atoms with Crippen molar-refractivity contribution in [1.29, 1.82) is 0 Å². The molecule has 2 aliphatic rings. The normalized spacial score (nSPS) is 26.1. The number of hydrogen-bond acceptors (Lipinski definition) is 4. The molecule has 0 amide bonds. The van der Waals surface area contributed by atoms with E-state index in [2.05, 4.69) is 11.0 Å². The molecule has 0 saturated carbocycles. The molecule has 2 fully saturated rings. The van der Waals surface area contributed by atoms with E-state index < -0.39 is 0 Å². The van der Waals surface area contributed by atoms with Gasteiger partial charge in [-0.25, -0.2) is 0 Å². The maximum absolute atomic E-state index is 5.23. The minimum absolute atomic E-state index is 0.557. The Morgan fingerprint density at radius 2 is 1.76 bits per heavy atom. The topological polar surface area (TPSA) is 25.1 Å². The van der Waals surface area contributed by atoms with E-state index in [9.17, 15) is 0 Å². The van der Waals surface area contributed by atoms with Gasteiger partial charge in [0.15, 0.2) is 0 Å². The Labute approximate surface area is 117 Å². The number of ether oxygens (including phenoxy) is 2. The Morgan fingerprint density at radius 1 is 1.12 bits per heavy atom. The first-order chi connectivity index (χ1) is 8.42. The van der Waals surface area contributed by atoms with Crippen molar-refractivity contribution in [2.75, 3.05) is 24.7 Å². The van der Waals surface area contributed by atoms with Crippen molar-refractivity contribution in [2.24, 2.45) is 0 Å². The van der Waals surface area contributed by atoms with Crippen molar-refractivity contribution < 1.29 is 9.47 Å². The van der Waals surface area contributed by atoms with Crippen LogP contribution in [0.1, 0.15) is 10.0 Å². The molecule has 2 nitrogen and oxygen atoms in total. The molecular weight excluding hydrogens is 319 g/mol. The van der Waals surface area contributed by atoms with Crippen LogP contribution in [0.2, 0.25) is 0 Å². The average Bonchev–Trinajstić information content (AvgIpc) is 3.22. The molecule has 0 bridgehead atoms. The fraction of sp³-hybridized carbons (Fsp3) is 0.667. The summed E-state index contributed by atoms with van der Waals surface area (Å²) in [5, 5.41) is 0. The van der Waals surface area contributed by atoms with E-state index in [0.29, 0.717) is 26.7 Å². The third-order valence-electron chi connectivity index (χ3n) is 2.74. The fourth-order valence-corrected chi connectivity index (χ4v) is 6.21. The van der Waals surface area contributed by atoms with Gasteiger partial charge in [0.05, 0.1) is 0 Å². The van der Waals surface area contributed by atoms with Crippen molar-refractivity contribution in [2.45, 2.75) is 23.7 Å². The van der Waals surface area contributed by atoms with E-state index in [0.717, 1.165) is 13.2 Å². The quantitative estimate of drug-likeness (QED) is 0.536. The van der Waals surface area contributed by atoms with Gasteiger partial charge >= 0.3 is 117 Å². The Kier molecular flexibility index (Phi) is 4.59. The van der Waals surface area contributed by atoms with Crippen LogP contribution in [-0.2, 0) is 21.0 Å². The molecule has 3 rings (SSSR count). The van der Waals surface area contributed by atoms with Crippen LogP contribution in [0.5, 0.6) is 0 Å². The Hall–Kier alpha value is 0.619. The molecular formula is C12H16O2S2Se. The van der Waals surface area contributed by atoms with Crippen LogP contribution in [0.3, 0.4) is 0 Å². The molecule has 2 aliphatic heterocycles. The third-order valence-corrected chi connectivity index (χ3v) is 7.40. The van der Waals surface area contributed by atoms with Crippen molar-refractivity contribution in [3.63, 3.8) is 0 Å². The summed E-state index contributed by atoms with van der Waals surface area (Å²) in [7, 11) is 0. The van der Waals surface area contributed by atoms with Crippen molar-refractivity contribution in [3.05, 3.63) is 21.0 Å². The molecule has 5 heteroatoms.